The molecular formula is C10H13NO2. The fourth-order valence-corrected chi connectivity index (χ4v) is 0.895. The van der Waals surface area contributed by atoms with Crippen LogP contribution >= 0.6 is 0 Å². The fourth-order valence-electron chi connectivity index (χ4n) is 0.895. The Bertz CT molecular complexity index is 273. The molecule has 13 heavy (non-hydrogen) atoms. The van der Waals surface area contributed by atoms with Crippen LogP contribution in [0, 0.1) is 0 Å². The molecule has 70 valence electrons. The first kappa shape index (κ1) is 9.45. The molecule has 3 nitrogen and oxygen atoms in total. The zero-order valence-electron chi connectivity index (χ0n) is 7.40. The highest BCUT2D eigenvalue weighted by Gasteiger charge is 1.96. The smallest absolute Gasteiger partial charge is 0.142 e. The molecule has 0 atom stereocenters. The second-order valence-corrected chi connectivity index (χ2v) is 2.42. The number of benzene rings is 1. The normalized spacial score (nSPS) is 9.23. The van der Waals surface area contributed by atoms with Crippen LogP contribution in [0.1, 0.15) is 0 Å². The van der Waals surface area contributed by atoms with Gasteiger partial charge in [-0.2, -0.15) is 0 Å². The minimum atomic E-state index is 0.472. The van der Waals surface area contributed by atoms with Gasteiger partial charge < -0.3 is 15.2 Å². The number of para-hydroxylation sites is 2. The molecule has 0 unspecified atom stereocenters. The molecule has 0 aliphatic heterocycles. The van der Waals surface area contributed by atoms with Gasteiger partial charge in [0, 0.05) is 0 Å². The Balaban J connectivity index is 2.36. The highest BCUT2D eigenvalue weighted by molar-refractivity contribution is 5.51. The predicted octanol–water partition coefficient (Wildman–Crippen LogP) is 1.81. The van der Waals surface area contributed by atoms with Crippen LogP contribution in [0.15, 0.2) is 37.1 Å². The molecule has 0 aromatic heterocycles. The lowest BCUT2D eigenvalue weighted by molar-refractivity contribution is 0.180. The van der Waals surface area contributed by atoms with E-state index in [4.69, 9.17) is 15.2 Å². The molecule has 0 saturated carbocycles. The molecule has 1 aromatic carbocycles. The summed E-state index contributed by atoms with van der Waals surface area (Å²) in [5.74, 6) is 0.690. The van der Waals surface area contributed by atoms with E-state index in [-0.39, 0.29) is 0 Å². The highest BCUT2D eigenvalue weighted by atomic mass is 16.5. The maximum Gasteiger partial charge on any atom is 0.142 e. The van der Waals surface area contributed by atoms with Crippen LogP contribution in [0.25, 0.3) is 0 Å². The Labute approximate surface area is 77.8 Å². The summed E-state index contributed by atoms with van der Waals surface area (Å²) in [5.41, 5.74) is 6.29. The van der Waals surface area contributed by atoms with E-state index < -0.39 is 0 Å². The van der Waals surface area contributed by atoms with Gasteiger partial charge in [0.2, 0.25) is 0 Å². The van der Waals surface area contributed by atoms with Crippen LogP contribution in [0.2, 0.25) is 0 Å². The average molecular weight is 179 g/mol. The Morgan fingerprint density at radius 3 is 2.77 bits per heavy atom. The molecule has 0 spiro atoms. The van der Waals surface area contributed by atoms with Crippen molar-refractivity contribution in [2.24, 2.45) is 0 Å². The fraction of sp³-hybridized carbons (Fsp3) is 0.200. The van der Waals surface area contributed by atoms with E-state index in [9.17, 15) is 0 Å². The van der Waals surface area contributed by atoms with E-state index in [2.05, 4.69) is 6.58 Å². The molecule has 1 rings (SSSR count). The summed E-state index contributed by atoms with van der Waals surface area (Å²) >= 11 is 0. The third-order valence-corrected chi connectivity index (χ3v) is 1.50. The van der Waals surface area contributed by atoms with Gasteiger partial charge in [0.15, 0.2) is 0 Å². The van der Waals surface area contributed by atoms with Crippen LogP contribution in [0.5, 0.6) is 5.75 Å². The van der Waals surface area contributed by atoms with Crippen molar-refractivity contribution < 1.29 is 9.47 Å². The van der Waals surface area contributed by atoms with Crippen molar-refractivity contribution in [2.75, 3.05) is 18.9 Å². The van der Waals surface area contributed by atoms with Gasteiger partial charge in [-0.05, 0) is 12.1 Å². The van der Waals surface area contributed by atoms with Crippen LogP contribution in [-0.2, 0) is 4.74 Å². The molecule has 0 aliphatic rings. The molecule has 3 heteroatoms. The van der Waals surface area contributed by atoms with Gasteiger partial charge in [-0.3, -0.25) is 0 Å². The summed E-state index contributed by atoms with van der Waals surface area (Å²) in [6.07, 6.45) is 1.39. The zero-order chi connectivity index (χ0) is 9.52. The number of ether oxygens (including phenoxy) is 2. The molecule has 0 fully saturated rings. The second kappa shape index (κ2) is 5.09. The van der Waals surface area contributed by atoms with Gasteiger partial charge >= 0.3 is 0 Å². The SMILES string of the molecule is C=COCCOc1ccccc1N. The summed E-state index contributed by atoms with van der Waals surface area (Å²) in [5, 5.41) is 0. The van der Waals surface area contributed by atoms with Crippen molar-refractivity contribution in [2.45, 2.75) is 0 Å². The quantitative estimate of drug-likeness (QED) is 0.426. The van der Waals surface area contributed by atoms with Crippen LogP contribution < -0.4 is 10.5 Å². The van der Waals surface area contributed by atoms with Gasteiger partial charge in [0.1, 0.15) is 19.0 Å². The van der Waals surface area contributed by atoms with Gasteiger partial charge in [-0.1, -0.05) is 18.7 Å². The molecule has 0 radical (unpaired) electrons. The van der Waals surface area contributed by atoms with E-state index in [1.807, 2.05) is 18.2 Å². The lowest BCUT2D eigenvalue weighted by Gasteiger charge is -2.07. The number of nitrogen functional groups attached to an aromatic ring is 1. The molecule has 0 bridgehead atoms. The van der Waals surface area contributed by atoms with E-state index in [0.29, 0.717) is 24.7 Å². The first-order valence-corrected chi connectivity index (χ1v) is 4.04. The second-order valence-electron chi connectivity index (χ2n) is 2.42. The first-order chi connectivity index (χ1) is 6.34. The summed E-state index contributed by atoms with van der Waals surface area (Å²) in [4.78, 5) is 0. The third kappa shape index (κ3) is 3.07. The zero-order valence-corrected chi connectivity index (χ0v) is 7.40. The topological polar surface area (TPSA) is 44.5 Å². The molecule has 0 saturated heterocycles. The molecule has 1 aromatic rings. The number of hydrogen-bond donors (Lipinski definition) is 1. The summed E-state index contributed by atoms with van der Waals surface area (Å²) in [6.45, 7) is 4.38. The Morgan fingerprint density at radius 1 is 1.31 bits per heavy atom. The lowest BCUT2D eigenvalue weighted by Crippen LogP contribution is -2.05. The highest BCUT2D eigenvalue weighted by Crippen LogP contribution is 2.19. The van der Waals surface area contributed by atoms with E-state index in [0.717, 1.165) is 0 Å². The molecule has 0 aliphatic carbocycles. The van der Waals surface area contributed by atoms with Crippen molar-refractivity contribution in [3.63, 3.8) is 0 Å². The molecular weight excluding hydrogens is 166 g/mol. The summed E-state index contributed by atoms with van der Waals surface area (Å²) in [6, 6.07) is 7.36. The third-order valence-electron chi connectivity index (χ3n) is 1.50. The van der Waals surface area contributed by atoms with Gasteiger partial charge in [-0.25, -0.2) is 0 Å². The average Bonchev–Trinajstić information content (AvgIpc) is 2.15. The Kier molecular flexibility index (Phi) is 3.70. The number of anilines is 1. The van der Waals surface area contributed by atoms with Crippen LogP contribution in [0.3, 0.4) is 0 Å². The maximum absolute atomic E-state index is 5.65. The van der Waals surface area contributed by atoms with Gasteiger partial charge in [0.05, 0.1) is 11.9 Å². The van der Waals surface area contributed by atoms with Crippen LogP contribution in [-0.4, -0.2) is 13.2 Å². The number of hydrogen-bond acceptors (Lipinski definition) is 3. The minimum absolute atomic E-state index is 0.472. The largest absolute Gasteiger partial charge is 0.498 e. The van der Waals surface area contributed by atoms with E-state index in [1.165, 1.54) is 6.26 Å². The van der Waals surface area contributed by atoms with Crippen molar-refractivity contribution >= 4 is 5.69 Å². The predicted molar refractivity (Wildman–Crippen MR) is 52.5 cm³/mol. The van der Waals surface area contributed by atoms with Gasteiger partial charge in [0.25, 0.3) is 0 Å². The monoisotopic (exact) mass is 179 g/mol. The van der Waals surface area contributed by atoms with E-state index in [1.54, 1.807) is 6.07 Å². The Morgan fingerprint density at radius 2 is 2.08 bits per heavy atom. The van der Waals surface area contributed by atoms with Gasteiger partial charge in [-0.15, -0.1) is 0 Å². The Hall–Kier alpha value is -1.64. The van der Waals surface area contributed by atoms with Crippen LogP contribution in [0.4, 0.5) is 5.69 Å². The lowest BCUT2D eigenvalue weighted by atomic mass is 10.3. The summed E-state index contributed by atoms with van der Waals surface area (Å²) in [7, 11) is 0. The van der Waals surface area contributed by atoms with Crippen molar-refractivity contribution in [1.82, 2.24) is 0 Å². The standard InChI is InChI=1S/C10H13NO2/c1-2-12-7-8-13-10-6-4-3-5-9(10)11/h2-6H,1,7-8,11H2. The molecule has 0 heterocycles. The van der Waals surface area contributed by atoms with Crippen molar-refractivity contribution in [1.29, 1.82) is 0 Å². The first-order valence-electron chi connectivity index (χ1n) is 4.04. The number of nitrogens with two attached hydrogens (primary N) is 1. The minimum Gasteiger partial charge on any atom is -0.498 e. The van der Waals surface area contributed by atoms with Crippen molar-refractivity contribution in [3.05, 3.63) is 37.1 Å². The molecule has 0 amide bonds. The number of rotatable bonds is 5. The van der Waals surface area contributed by atoms with E-state index >= 15 is 0 Å². The maximum atomic E-state index is 5.65. The molecule has 2 N–H and O–H groups in total. The summed E-state index contributed by atoms with van der Waals surface area (Å²) < 4.78 is 10.2. The van der Waals surface area contributed by atoms with Crippen molar-refractivity contribution in [3.8, 4) is 5.75 Å².